The van der Waals surface area contributed by atoms with Gasteiger partial charge in [-0.2, -0.15) is 0 Å². The highest BCUT2D eigenvalue weighted by Crippen LogP contribution is 2.45. The first kappa shape index (κ1) is 23.1. The Balaban J connectivity index is 1.79. The van der Waals surface area contributed by atoms with Crippen molar-refractivity contribution in [2.75, 3.05) is 28.4 Å². The van der Waals surface area contributed by atoms with Gasteiger partial charge in [0.25, 0.3) is 5.91 Å². The molecule has 2 amide bonds. The van der Waals surface area contributed by atoms with Gasteiger partial charge < -0.3 is 24.4 Å². The van der Waals surface area contributed by atoms with Crippen molar-refractivity contribution in [3.05, 3.63) is 83.2 Å². The minimum absolute atomic E-state index is 0.210. The Kier molecular flexibility index (Phi) is 6.67. The highest BCUT2D eigenvalue weighted by atomic mass is 16.5. The van der Waals surface area contributed by atoms with Crippen molar-refractivity contribution in [3.63, 3.8) is 0 Å². The number of fused-ring (bicyclic) bond motifs is 1. The molecule has 3 aromatic rings. The Bertz CT molecular complexity index is 1200. The number of pyridine rings is 1. The average Bonchev–Trinajstić information content (AvgIpc) is 2.88. The number of carbonyl (C=O) groups is 2. The van der Waals surface area contributed by atoms with Crippen molar-refractivity contribution in [3.8, 4) is 17.2 Å². The lowest BCUT2D eigenvalue weighted by Crippen LogP contribution is -2.45. The Morgan fingerprint density at radius 1 is 1.00 bits per heavy atom. The number of likely N-dealkylation sites (N-methyl/N-ethyl adjacent to an activating group) is 1. The molecule has 2 atom stereocenters. The van der Waals surface area contributed by atoms with Crippen molar-refractivity contribution >= 4 is 11.8 Å². The van der Waals surface area contributed by atoms with E-state index in [1.54, 1.807) is 49.7 Å². The third kappa shape index (κ3) is 4.14. The molecule has 4 rings (SSSR count). The van der Waals surface area contributed by atoms with Gasteiger partial charge in [0.05, 0.1) is 33.3 Å². The summed E-state index contributed by atoms with van der Waals surface area (Å²) < 4.78 is 16.3. The van der Waals surface area contributed by atoms with Crippen molar-refractivity contribution in [1.29, 1.82) is 0 Å². The van der Waals surface area contributed by atoms with E-state index < -0.39 is 12.0 Å². The molecule has 0 saturated heterocycles. The van der Waals surface area contributed by atoms with E-state index in [-0.39, 0.29) is 18.4 Å². The summed E-state index contributed by atoms with van der Waals surface area (Å²) >= 11 is 0. The summed E-state index contributed by atoms with van der Waals surface area (Å²) in [6.45, 7) is 0.277. The number of amides is 2. The average molecular weight is 462 g/mol. The van der Waals surface area contributed by atoms with Gasteiger partial charge in [0.15, 0.2) is 11.5 Å². The van der Waals surface area contributed by atoms with Gasteiger partial charge in [-0.25, -0.2) is 0 Å². The second-order valence-electron chi connectivity index (χ2n) is 7.95. The molecule has 0 saturated carbocycles. The first-order chi connectivity index (χ1) is 16.5. The molecule has 1 aromatic heterocycles. The number of nitrogens with zero attached hydrogens (tertiary/aromatic N) is 2. The summed E-state index contributed by atoms with van der Waals surface area (Å²) in [5.41, 5.74) is 2.59. The Hall–Kier alpha value is -4.07. The molecule has 2 heterocycles. The second kappa shape index (κ2) is 9.82. The molecule has 0 bridgehead atoms. The minimum Gasteiger partial charge on any atom is -0.496 e. The van der Waals surface area contributed by atoms with Gasteiger partial charge in [0.1, 0.15) is 5.75 Å². The Morgan fingerprint density at radius 2 is 1.71 bits per heavy atom. The van der Waals surface area contributed by atoms with Gasteiger partial charge in [-0.3, -0.25) is 14.6 Å². The van der Waals surface area contributed by atoms with Crippen LogP contribution in [0.5, 0.6) is 17.2 Å². The van der Waals surface area contributed by atoms with Gasteiger partial charge in [-0.1, -0.05) is 24.3 Å². The SMILES string of the molecule is COc1ccccc1CNC(=O)[C@@H]1c2cc(OC)c(OC)cc2C(=O)N(C)[C@@H]1c1cccnc1. The van der Waals surface area contributed by atoms with Gasteiger partial charge in [0.2, 0.25) is 5.91 Å². The molecule has 0 unspecified atom stereocenters. The van der Waals surface area contributed by atoms with E-state index in [2.05, 4.69) is 10.3 Å². The first-order valence-corrected chi connectivity index (χ1v) is 10.8. The third-order valence-electron chi connectivity index (χ3n) is 6.13. The Morgan fingerprint density at radius 3 is 2.38 bits per heavy atom. The van der Waals surface area contributed by atoms with E-state index in [1.807, 2.05) is 30.3 Å². The van der Waals surface area contributed by atoms with Crippen LogP contribution in [0.15, 0.2) is 60.9 Å². The minimum atomic E-state index is -0.698. The van der Waals surface area contributed by atoms with Crippen molar-refractivity contribution < 1.29 is 23.8 Å². The lowest BCUT2D eigenvalue weighted by Gasteiger charge is -2.40. The molecule has 1 aliphatic heterocycles. The number of hydrogen-bond acceptors (Lipinski definition) is 6. The summed E-state index contributed by atoms with van der Waals surface area (Å²) in [5, 5.41) is 3.04. The largest absolute Gasteiger partial charge is 0.496 e. The zero-order valence-electron chi connectivity index (χ0n) is 19.6. The first-order valence-electron chi connectivity index (χ1n) is 10.8. The molecule has 1 aliphatic rings. The van der Waals surface area contributed by atoms with Gasteiger partial charge in [0, 0.05) is 37.1 Å². The van der Waals surface area contributed by atoms with Crippen LogP contribution >= 0.6 is 0 Å². The predicted octanol–water partition coefficient (Wildman–Crippen LogP) is 3.33. The fourth-order valence-electron chi connectivity index (χ4n) is 4.44. The fraction of sp³-hybridized carbons (Fsp3) is 0.269. The highest BCUT2D eigenvalue weighted by molar-refractivity contribution is 6.02. The van der Waals surface area contributed by atoms with Crippen molar-refractivity contribution in [2.45, 2.75) is 18.5 Å². The maximum atomic E-state index is 13.7. The predicted molar refractivity (Wildman–Crippen MR) is 126 cm³/mol. The van der Waals surface area contributed by atoms with Crippen LogP contribution in [-0.4, -0.2) is 50.1 Å². The number of methoxy groups -OCH3 is 3. The highest BCUT2D eigenvalue weighted by Gasteiger charge is 2.43. The number of rotatable bonds is 7. The van der Waals surface area contributed by atoms with Crippen LogP contribution < -0.4 is 19.5 Å². The van der Waals surface area contributed by atoms with Crippen LogP contribution in [0.4, 0.5) is 0 Å². The summed E-state index contributed by atoms with van der Waals surface area (Å²) in [4.78, 5) is 32.9. The topological polar surface area (TPSA) is 90.0 Å². The van der Waals surface area contributed by atoms with Crippen LogP contribution in [0, 0.1) is 0 Å². The van der Waals surface area contributed by atoms with Crippen molar-refractivity contribution in [1.82, 2.24) is 15.2 Å². The summed E-state index contributed by atoms with van der Waals surface area (Å²) in [5.74, 6) is 0.430. The van der Waals surface area contributed by atoms with Crippen LogP contribution in [0.1, 0.15) is 39.0 Å². The van der Waals surface area contributed by atoms with E-state index in [0.29, 0.717) is 28.4 Å². The summed E-state index contributed by atoms with van der Waals surface area (Å²) in [7, 11) is 6.32. The zero-order chi connectivity index (χ0) is 24.2. The molecule has 176 valence electrons. The van der Waals surface area contributed by atoms with E-state index in [9.17, 15) is 9.59 Å². The maximum Gasteiger partial charge on any atom is 0.254 e. The zero-order valence-corrected chi connectivity index (χ0v) is 19.6. The Labute approximate surface area is 198 Å². The molecular weight excluding hydrogens is 434 g/mol. The van der Waals surface area contributed by atoms with Crippen LogP contribution in [0.25, 0.3) is 0 Å². The van der Waals surface area contributed by atoms with E-state index in [1.165, 1.54) is 14.2 Å². The summed E-state index contributed by atoms with van der Waals surface area (Å²) in [6, 6.07) is 14.0. The quantitative estimate of drug-likeness (QED) is 0.581. The number of para-hydroxylation sites is 1. The van der Waals surface area contributed by atoms with Crippen LogP contribution in [-0.2, 0) is 11.3 Å². The molecule has 0 radical (unpaired) electrons. The number of ether oxygens (including phenoxy) is 3. The maximum absolute atomic E-state index is 13.7. The number of benzene rings is 2. The number of hydrogen-bond donors (Lipinski definition) is 1. The second-order valence-corrected chi connectivity index (χ2v) is 7.95. The van der Waals surface area contributed by atoms with Gasteiger partial charge in [-0.15, -0.1) is 0 Å². The molecule has 0 spiro atoms. The molecule has 0 aliphatic carbocycles. The molecule has 0 fully saturated rings. The van der Waals surface area contributed by atoms with E-state index in [4.69, 9.17) is 14.2 Å². The van der Waals surface area contributed by atoms with Gasteiger partial charge >= 0.3 is 0 Å². The lowest BCUT2D eigenvalue weighted by atomic mass is 9.79. The number of nitrogens with one attached hydrogen (secondary N) is 1. The molecule has 8 heteroatoms. The lowest BCUT2D eigenvalue weighted by molar-refractivity contribution is -0.124. The van der Waals surface area contributed by atoms with Gasteiger partial charge in [-0.05, 0) is 35.4 Å². The van der Waals surface area contributed by atoms with Crippen LogP contribution in [0.3, 0.4) is 0 Å². The molecule has 8 nitrogen and oxygen atoms in total. The number of carbonyl (C=O) groups excluding carboxylic acids is 2. The van der Waals surface area contributed by atoms with E-state index in [0.717, 1.165) is 11.1 Å². The fourth-order valence-corrected chi connectivity index (χ4v) is 4.44. The summed E-state index contributed by atoms with van der Waals surface area (Å²) in [6.07, 6.45) is 3.34. The normalized spacial score (nSPS) is 17.1. The van der Waals surface area contributed by atoms with E-state index >= 15 is 0 Å². The molecule has 34 heavy (non-hydrogen) atoms. The molecular formula is C26H27N3O5. The smallest absolute Gasteiger partial charge is 0.254 e. The molecule has 1 N–H and O–H groups in total. The van der Waals surface area contributed by atoms with Crippen LogP contribution in [0.2, 0.25) is 0 Å². The standard InChI is InChI=1S/C26H27N3O5/c1-29-24(17-9-7-11-27-14-17)23(25(30)28-15-16-8-5-6-10-20(16)32-2)18-12-21(33-3)22(34-4)13-19(18)26(29)31/h5-14,23-24H,15H2,1-4H3,(H,28,30)/t23-,24-/m1/s1. The number of aromatic nitrogens is 1. The molecule has 2 aromatic carbocycles. The van der Waals surface area contributed by atoms with Crippen molar-refractivity contribution in [2.24, 2.45) is 0 Å². The third-order valence-corrected chi connectivity index (χ3v) is 6.13. The monoisotopic (exact) mass is 461 g/mol.